The van der Waals surface area contributed by atoms with Crippen molar-refractivity contribution in [2.75, 3.05) is 18.9 Å². The van der Waals surface area contributed by atoms with Crippen molar-refractivity contribution >= 4 is 50.2 Å². The number of nitrogens with one attached hydrogen (secondary N) is 3. The van der Waals surface area contributed by atoms with E-state index in [1.807, 2.05) is 18.2 Å². The number of pyridine rings is 1. The van der Waals surface area contributed by atoms with Crippen LogP contribution in [-0.2, 0) is 35.7 Å². The van der Waals surface area contributed by atoms with Crippen molar-refractivity contribution in [2.24, 2.45) is 5.16 Å². The molecule has 0 spiro atoms. The maximum absolute atomic E-state index is 13.0. The number of benzene rings is 1. The third-order valence-corrected chi connectivity index (χ3v) is 7.03. The number of oxime groups is 1. The lowest BCUT2D eigenvalue weighted by molar-refractivity contribution is -0.218. The van der Waals surface area contributed by atoms with Crippen LogP contribution in [-0.4, -0.2) is 76.2 Å². The molecule has 2 aromatic heterocycles. The van der Waals surface area contributed by atoms with Crippen molar-refractivity contribution in [1.82, 2.24) is 25.7 Å². The number of nitrogen functional groups attached to an aromatic ring is 1. The molecule has 0 radical (unpaired) electrons. The summed E-state index contributed by atoms with van der Waals surface area (Å²) in [6.45, 7) is 3.25. The van der Waals surface area contributed by atoms with Gasteiger partial charge in [0.15, 0.2) is 17.5 Å². The van der Waals surface area contributed by atoms with Crippen molar-refractivity contribution in [1.29, 1.82) is 5.41 Å². The fourth-order valence-corrected chi connectivity index (χ4v) is 4.83. The Bertz CT molecular complexity index is 1610. The van der Waals surface area contributed by atoms with E-state index >= 15 is 0 Å². The number of thiazole rings is 1. The van der Waals surface area contributed by atoms with Crippen LogP contribution in [0, 0.1) is 5.41 Å². The van der Waals surface area contributed by atoms with Gasteiger partial charge in [0.25, 0.3) is 11.8 Å². The molecular formula is C25H28N8O8S2. The van der Waals surface area contributed by atoms with Crippen LogP contribution in [0.3, 0.4) is 0 Å². The number of ether oxygens (including phenoxy) is 1. The summed E-state index contributed by atoms with van der Waals surface area (Å²) in [5.74, 6) is -1.01. The smallest absolute Gasteiger partial charge is 0.418 e. The Morgan fingerprint density at radius 2 is 1.98 bits per heavy atom. The SMILES string of the molecule is CC1(C)[C@H](NC(=O)C(=NOCCOc2ccc(C(=N)NCc3ccccn3)cc2)c2csc(N)n2)C(=O)N1OS(=O)(=O)O. The largest absolute Gasteiger partial charge is 0.490 e. The number of amidine groups is 1. The van der Waals surface area contributed by atoms with Crippen molar-refractivity contribution in [3.8, 4) is 5.75 Å². The number of β-lactam (4-membered cyclic amide) rings is 1. The van der Waals surface area contributed by atoms with Gasteiger partial charge < -0.3 is 25.9 Å². The first kappa shape index (κ1) is 31.3. The third kappa shape index (κ3) is 8.01. The molecule has 0 bridgehead atoms. The Kier molecular flexibility index (Phi) is 9.54. The van der Waals surface area contributed by atoms with E-state index in [1.165, 1.54) is 19.2 Å². The zero-order chi connectivity index (χ0) is 31.2. The summed E-state index contributed by atoms with van der Waals surface area (Å²) >= 11 is 1.05. The Morgan fingerprint density at radius 1 is 1.23 bits per heavy atom. The molecule has 4 rings (SSSR count). The van der Waals surface area contributed by atoms with Crippen LogP contribution in [0.25, 0.3) is 0 Å². The fourth-order valence-electron chi connectivity index (χ4n) is 3.83. The van der Waals surface area contributed by atoms with E-state index in [-0.39, 0.29) is 35.6 Å². The van der Waals surface area contributed by atoms with Gasteiger partial charge in [-0.25, -0.2) is 4.98 Å². The number of amides is 2. The Hall–Kier alpha value is -4.65. The van der Waals surface area contributed by atoms with E-state index in [0.717, 1.165) is 17.0 Å². The van der Waals surface area contributed by atoms with Crippen molar-refractivity contribution in [3.63, 3.8) is 0 Å². The molecule has 0 saturated carbocycles. The molecule has 6 N–H and O–H groups in total. The van der Waals surface area contributed by atoms with Crippen LogP contribution in [0.5, 0.6) is 5.75 Å². The number of rotatable bonds is 13. The van der Waals surface area contributed by atoms with E-state index in [4.69, 9.17) is 25.3 Å². The van der Waals surface area contributed by atoms with Crippen LogP contribution < -0.4 is 21.1 Å². The summed E-state index contributed by atoms with van der Waals surface area (Å²) < 4.78 is 40.9. The van der Waals surface area contributed by atoms with Gasteiger partial charge in [-0.2, -0.15) is 13.5 Å². The lowest BCUT2D eigenvalue weighted by Gasteiger charge is -2.50. The van der Waals surface area contributed by atoms with Crippen molar-refractivity contribution in [2.45, 2.75) is 32.0 Å². The average Bonchev–Trinajstić information content (AvgIpc) is 3.40. The van der Waals surface area contributed by atoms with Crippen molar-refractivity contribution < 1.29 is 36.4 Å². The maximum Gasteiger partial charge on any atom is 0.418 e. The minimum absolute atomic E-state index is 0.0579. The first-order valence-corrected chi connectivity index (χ1v) is 14.8. The van der Waals surface area contributed by atoms with E-state index in [2.05, 4.69) is 30.0 Å². The van der Waals surface area contributed by atoms with Crippen LogP contribution in [0.15, 0.2) is 59.2 Å². The molecule has 1 atom stereocenters. The molecular weight excluding hydrogens is 604 g/mol. The normalized spacial score (nSPS) is 16.3. The van der Waals surface area contributed by atoms with Crippen LogP contribution in [0.4, 0.5) is 5.13 Å². The molecule has 43 heavy (non-hydrogen) atoms. The fraction of sp³-hybridized carbons (Fsp3) is 0.280. The number of carbonyl (C=O) groups excluding carboxylic acids is 2. The third-order valence-electron chi connectivity index (χ3n) is 6.02. The summed E-state index contributed by atoms with van der Waals surface area (Å²) in [7, 11) is -4.95. The second kappa shape index (κ2) is 13.1. The predicted molar refractivity (Wildman–Crippen MR) is 154 cm³/mol. The lowest BCUT2D eigenvalue weighted by atomic mass is 9.84. The highest BCUT2D eigenvalue weighted by atomic mass is 32.3. The van der Waals surface area contributed by atoms with Gasteiger partial charge in [0.1, 0.15) is 29.9 Å². The van der Waals surface area contributed by atoms with E-state index < -0.39 is 33.8 Å². The van der Waals surface area contributed by atoms with E-state index in [0.29, 0.717) is 22.9 Å². The van der Waals surface area contributed by atoms with Gasteiger partial charge in [-0.15, -0.1) is 15.6 Å². The standard InChI is InChI=1S/C25H28N8O8S2/c1-25(2)20(23(35)33(25)41-43(36,37)38)31-22(34)19(18-14-42-24(27)30-18)32-40-12-11-39-17-8-6-15(7-9-17)21(26)29-13-16-5-3-4-10-28-16/h3-10,14,20H,11-13H2,1-2H3,(H2,26,29)(H2,27,30)(H,31,34)(H,36,37,38)/t20-/m1/s1. The highest BCUT2D eigenvalue weighted by Gasteiger charge is 2.58. The van der Waals surface area contributed by atoms with Gasteiger partial charge >= 0.3 is 10.4 Å². The molecule has 16 nitrogen and oxygen atoms in total. The molecule has 0 unspecified atom stereocenters. The molecule has 228 valence electrons. The number of anilines is 1. The molecule has 1 saturated heterocycles. The van der Waals surface area contributed by atoms with Crippen LogP contribution >= 0.6 is 11.3 Å². The Labute approximate surface area is 250 Å². The molecule has 2 amide bonds. The van der Waals surface area contributed by atoms with Gasteiger partial charge in [-0.3, -0.25) is 24.5 Å². The summed E-state index contributed by atoms with van der Waals surface area (Å²) in [4.78, 5) is 39.0. The molecule has 18 heteroatoms. The molecule has 1 aromatic carbocycles. The summed E-state index contributed by atoms with van der Waals surface area (Å²) in [5.41, 5.74) is 5.64. The first-order valence-electron chi connectivity index (χ1n) is 12.5. The number of nitrogens with zero attached hydrogens (tertiary/aromatic N) is 4. The van der Waals surface area contributed by atoms with Crippen molar-refractivity contribution in [3.05, 3.63) is 71.0 Å². The second-order valence-corrected chi connectivity index (χ2v) is 11.4. The highest BCUT2D eigenvalue weighted by Crippen LogP contribution is 2.33. The van der Waals surface area contributed by atoms with E-state index in [9.17, 15) is 18.0 Å². The Morgan fingerprint density at radius 3 is 2.58 bits per heavy atom. The molecule has 0 aliphatic carbocycles. The van der Waals surface area contributed by atoms with Crippen LogP contribution in [0.1, 0.15) is 30.8 Å². The first-order chi connectivity index (χ1) is 20.3. The molecule has 3 heterocycles. The number of hydroxylamine groups is 2. The highest BCUT2D eigenvalue weighted by molar-refractivity contribution is 7.80. The van der Waals surface area contributed by atoms with Gasteiger partial charge in [0.2, 0.25) is 0 Å². The quantitative estimate of drug-likeness (QED) is 0.0441. The molecule has 1 aliphatic heterocycles. The summed E-state index contributed by atoms with van der Waals surface area (Å²) in [6, 6.07) is 11.2. The average molecular weight is 633 g/mol. The zero-order valence-corrected chi connectivity index (χ0v) is 24.5. The minimum Gasteiger partial charge on any atom is -0.490 e. The van der Waals surface area contributed by atoms with Crippen LogP contribution in [0.2, 0.25) is 0 Å². The van der Waals surface area contributed by atoms with Gasteiger partial charge in [-0.05, 0) is 50.2 Å². The molecule has 1 aliphatic rings. The van der Waals surface area contributed by atoms with Gasteiger partial charge in [-0.1, -0.05) is 11.2 Å². The van der Waals surface area contributed by atoms with Gasteiger partial charge in [0, 0.05) is 17.1 Å². The molecule has 3 aromatic rings. The monoisotopic (exact) mass is 632 g/mol. The number of aromatic nitrogens is 2. The number of hydrogen-bond acceptors (Lipinski definition) is 13. The van der Waals surface area contributed by atoms with Gasteiger partial charge in [0.05, 0.1) is 17.8 Å². The summed E-state index contributed by atoms with van der Waals surface area (Å²) in [6.07, 6.45) is 1.69. The number of carbonyl (C=O) groups is 2. The zero-order valence-electron chi connectivity index (χ0n) is 22.9. The topological polar surface area (TPSA) is 232 Å². The number of hydrogen-bond donors (Lipinski definition) is 5. The predicted octanol–water partition coefficient (Wildman–Crippen LogP) is 0.875. The molecule has 1 fully saturated rings. The lowest BCUT2D eigenvalue weighted by Crippen LogP contribution is -2.76. The maximum atomic E-state index is 13.0. The minimum atomic E-state index is -4.95. The Balaban J connectivity index is 1.30. The van der Waals surface area contributed by atoms with E-state index in [1.54, 1.807) is 30.5 Å². The summed E-state index contributed by atoms with van der Waals surface area (Å²) in [5, 5.41) is 19.6. The second-order valence-electron chi connectivity index (χ2n) is 9.46. The number of nitrogens with two attached hydrogens (primary N) is 1.